The van der Waals surface area contributed by atoms with Crippen molar-refractivity contribution in [1.29, 1.82) is 0 Å². The van der Waals surface area contributed by atoms with E-state index in [9.17, 15) is 4.79 Å². The second kappa shape index (κ2) is 12.0. The average Bonchev–Trinajstić information content (AvgIpc) is 3.69. The summed E-state index contributed by atoms with van der Waals surface area (Å²) in [6, 6.07) is 48.5. The zero-order valence-corrected chi connectivity index (χ0v) is 25.0. The molecule has 2 heterocycles. The van der Waals surface area contributed by atoms with E-state index in [-0.39, 0.29) is 12.1 Å². The van der Waals surface area contributed by atoms with E-state index >= 15 is 0 Å². The lowest BCUT2D eigenvalue weighted by atomic mass is 10.1. The monoisotopic (exact) mass is 590 g/mol. The van der Waals surface area contributed by atoms with Gasteiger partial charge in [-0.05, 0) is 24.6 Å². The predicted molar refractivity (Wildman–Crippen MR) is 180 cm³/mol. The van der Waals surface area contributed by atoms with Gasteiger partial charge in [-0.1, -0.05) is 150 Å². The Morgan fingerprint density at radius 1 is 0.705 bits per heavy atom. The minimum atomic E-state index is -0.302. The minimum Gasteiger partial charge on any atom is -0.358 e. The van der Waals surface area contributed by atoms with Crippen LogP contribution in [0.1, 0.15) is 33.2 Å². The van der Waals surface area contributed by atoms with Crippen molar-refractivity contribution in [2.24, 2.45) is 0 Å². The van der Waals surface area contributed by atoms with Crippen molar-refractivity contribution in [3.05, 3.63) is 174 Å². The normalized spacial score (nSPS) is 14.4. The van der Waals surface area contributed by atoms with Crippen molar-refractivity contribution in [1.82, 2.24) is 15.6 Å². The highest BCUT2D eigenvalue weighted by Gasteiger charge is 2.38. The van der Waals surface area contributed by atoms with E-state index in [1.54, 1.807) is 11.3 Å². The summed E-state index contributed by atoms with van der Waals surface area (Å²) in [5.74, 6) is 0.496. The van der Waals surface area contributed by atoms with Crippen LogP contribution in [0.25, 0.3) is 27.5 Å². The summed E-state index contributed by atoms with van der Waals surface area (Å²) in [6.45, 7) is 2.09. The first-order valence-electron chi connectivity index (χ1n) is 14.6. The van der Waals surface area contributed by atoms with Crippen molar-refractivity contribution in [3.63, 3.8) is 0 Å². The number of anilines is 1. The number of aryl methyl sites for hydroxylation is 1. The maximum Gasteiger partial charge on any atom is 0.256 e. The fourth-order valence-corrected chi connectivity index (χ4v) is 6.53. The van der Waals surface area contributed by atoms with Gasteiger partial charge in [0.15, 0.2) is 0 Å². The molecule has 6 heteroatoms. The van der Waals surface area contributed by atoms with Crippen LogP contribution in [0.5, 0.6) is 0 Å². The lowest BCUT2D eigenvalue weighted by Gasteiger charge is -2.29. The molecule has 1 aliphatic heterocycles. The Bertz CT molecular complexity index is 1920. The number of aromatic nitrogens is 1. The standard InChI is InChI=1S/C38H30N4OS/c1-26-22-24-29(25-23-26)34-39-32(27-14-6-2-7-15-27)35(41-36(43)30-18-10-4-11-19-30)42(34)38-33(28-16-8-3-9-17-28)40-37(44-38)31-20-12-5-13-21-31/h2-25,34,39H,1H3,(H,41,43). The molecule has 7 rings (SSSR count). The van der Waals surface area contributed by atoms with Crippen LogP contribution in [0.2, 0.25) is 0 Å². The number of benzene rings is 5. The van der Waals surface area contributed by atoms with Gasteiger partial charge in [0.1, 0.15) is 27.7 Å². The molecule has 5 nitrogen and oxygen atoms in total. The average molecular weight is 591 g/mol. The smallest absolute Gasteiger partial charge is 0.256 e. The minimum absolute atomic E-state index is 0.181. The first kappa shape index (κ1) is 27.4. The predicted octanol–water partition coefficient (Wildman–Crippen LogP) is 8.65. The highest BCUT2D eigenvalue weighted by molar-refractivity contribution is 7.19. The molecule has 0 bridgehead atoms. The van der Waals surface area contributed by atoms with Crippen LogP contribution < -0.4 is 15.5 Å². The molecule has 44 heavy (non-hydrogen) atoms. The number of thiazole rings is 1. The third-order valence-corrected chi connectivity index (χ3v) is 8.74. The molecular formula is C38H30N4OS. The highest BCUT2D eigenvalue weighted by Crippen LogP contribution is 2.47. The second-order valence-corrected chi connectivity index (χ2v) is 11.6. The lowest BCUT2D eigenvalue weighted by Crippen LogP contribution is -2.36. The molecule has 1 unspecified atom stereocenters. The van der Waals surface area contributed by atoms with Gasteiger partial charge in [0.2, 0.25) is 0 Å². The highest BCUT2D eigenvalue weighted by atomic mass is 32.1. The van der Waals surface area contributed by atoms with Crippen molar-refractivity contribution in [2.75, 3.05) is 4.90 Å². The largest absolute Gasteiger partial charge is 0.358 e. The van der Waals surface area contributed by atoms with Gasteiger partial charge in [-0.15, -0.1) is 0 Å². The Morgan fingerprint density at radius 2 is 1.25 bits per heavy atom. The Hall–Kier alpha value is -5.46. The molecule has 2 N–H and O–H groups in total. The van der Waals surface area contributed by atoms with Crippen LogP contribution in [0.15, 0.2) is 151 Å². The van der Waals surface area contributed by atoms with E-state index in [1.807, 2.05) is 84.9 Å². The Morgan fingerprint density at radius 3 is 1.86 bits per heavy atom. The van der Waals surface area contributed by atoms with Crippen molar-refractivity contribution >= 4 is 27.9 Å². The lowest BCUT2D eigenvalue weighted by molar-refractivity contribution is 0.0965. The van der Waals surface area contributed by atoms with Gasteiger partial charge in [-0.25, -0.2) is 4.98 Å². The zero-order chi connectivity index (χ0) is 29.9. The van der Waals surface area contributed by atoms with E-state index in [0.717, 1.165) is 43.7 Å². The van der Waals surface area contributed by atoms with Crippen LogP contribution in [0, 0.1) is 6.92 Å². The summed E-state index contributed by atoms with van der Waals surface area (Å²) < 4.78 is 0. The summed E-state index contributed by atoms with van der Waals surface area (Å²) in [5, 5.41) is 8.95. The topological polar surface area (TPSA) is 57.3 Å². The summed E-state index contributed by atoms with van der Waals surface area (Å²) in [4.78, 5) is 21.2. The van der Waals surface area contributed by atoms with Gasteiger partial charge in [0.05, 0.1) is 5.70 Å². The quantitative estimate of drug-likeness (QED) is 0.195. The molecule has 1 aliphatic rings. The fraction of sp³-hybridized carbons (Fsp3) is 0.0526. The van der Waals surface area contributed by atoms with E-state index < -0.39 is 0 Å². The second-order valence-electron chi connectivity index (χ2n) is 10.6. The number of nitrogens with zero attached hydrogens (tertiary/aromatic N) is 2. The molecule has 0 aliphatic carbocycles. The van der Waals surface area contributed by atoms with Gasteiger partial charge in [0, 0.05) is 22.3 Å². The van der Waals surface area contributed by atoms with Gasteiger partial charge in [0.25, 0.3) is 5.91 Å². The van der Waals surface area contributed by atoms with Crippen LogP contribution in [-0.2, 0) is 0 Å². The molecule has 0 saturated carbocycles. The van der Waals surface area contributed by atoms with Crippen LogP contribution in [-0.4, -0.2) is 10.9 Å². The number of amides is 1. The maximum absolute atomic E-state index is 13.8. The third-order valence-electron chi connectivity index (χ3n) is 7.64. The summed E-state index contributed by atoms with van der Waals surface area (Å²) in [7, 11) is 0. The van der Waals surface area contributed by atoms with Crippen molar-refractivity contribution in [3.8, 4) is 21.8 Å². The number of carbonyl (C=O) groups is 1. The molecule has 0 spiro atoms. The summed E-state index contributed by atoms with van der Waals surface area (Å²) in [5.41, 5.74) is 7.56. The Balaban J connectivity index is 1.46. The maximum atomic E-state index is 13.8. The molecule has 1 aromatic heterocycles. The fourth-order valence-electron chi connectivity index (χ4n) is 5.40. The molecule has 0 radical (unpaired) electrons. The van der Waals surface area contributed by atoms with Crippen LogP contribution in [0.3, 0.4) is 0 Å². The molecule has 5 aromatic carbocycles. The van der Waals surface area contributed by atoms with E-state index in [0.29, 0.717) is 11.4 Å². The molecule has 214 valence electrons. The van der Waals surface area contributed by atoms with Gasteiger partial charge >= 0.3 is 0 Å². The first-order valence-corrected chi connectivity index (χ1v) is 15.4. The Labute approximate surface area is 261 Å². The molecule has 1 atom stereocenters. The zero-order valence-electron chi connectivity index (χ0n) is 24.1. The SMILES string of the molecule is Cc1ccc(C2NC(c3ccccc3)=C(NC(=O)c3ccccc3)N2c2sc(-c3ccccc3)nc2-c2ccccc2)cc1. The number of carbonyl (C=O) groups excluding carboxylic acids is 1. The number of hydrogen-bond donors (Lipinski definition) is 2. The summed E-state index contributed by atoms with van der Waals surface area (Å²) >= 11 is 1.62. The molecule has 1 amide bonds. The molecular weight excluding hydrogens is 561 g/mol. The van der Waals surface area contributed by atoms with Crippen molar-refractivity contribution < 1.29 is 4.79 Å². The van der Waals surface area contributed by atoms with E-state index in [4.69, 9.17) is 4.98 Å². The Kier molecular flexibility index (Phi) is 7.49. The van der Waals surface area contributed by atoms with Crippen LogP contribution >= 0.6 is 11.3 Å². The third kappa shape index (κ3) is 5.39. The van der Waals surface area contributed by atoms with Gasteiger partial charge < -0.3 is 10.6 Å². The van der Waals surface area contributed by atoms with Gasteiger partial charge in [-0.2, -0.15) is 0 Å². The summed E-state index contributed by atoms with van der Waals surface area (Å²) in [6.07, 6.45) is -0.302. The first-order chi connectivity index (χ1) is 21.7. The van der Waals surface area contributed by atoms with E-state index in [1.165, 1.54) is 5.56 Å². The number of hydrogen-bond acceptors (Lipinski definition) is 5. The van der Waals surface area contributed by atoms with Crippen LogP contribution in [0.4, 0.5) is 5.00 Å². The molecule has 0 saturated heterocycles. The van der Waals surface area contributed by atoms with Gasteiger partial charge in [-0.3, -0.25) is 9.69 Å². The molecule has 6 aromatic rings. The number of rotatable bonds is 7. The number of nitrogens with one attached hydrogen (secondary N) is 2. The van der Waals surface area contributed by atoms with E-state index in [2.05, 4.69) is 83.1 Å². The van der Waals surface area contributed by atoms with Crippen molar-refractivity contribution in [2.45, 2.75) is 13.1 Å². The molecule has 0 fully saturated rings.